The number of fused-ring (bicyclic) bond motifs is 1. The molecule has 0 amide bonds. The Bertz CT molecular complexity index is 995. The lowest BCUT2D eigenvalue weighted by Gasteiger charge is -2.29. The summed E-state index contributed by atoms with van der Waals surface area (Å²) in [5.41, 5.74) is 0.578. The average molecular weight is 454 g/mol. The zero-order valence-electron chi connectivity index (χ0n) is 19.5. The van der Waals surface area contributed by atoms with E-state index in [4.69, 9.17) is 18.9 Å². The van der Waals surface area contributed by atoms with Gasteiger partial charge < -0.3 is 29.4 Å². The van der Waals surface area contributed by atoms with Crippen LogP contribution < -0.4 is 5.32 Å². The average Bonchev–Trinajstić information content (AvgIpc) is 2.78. The molecule has 33 heavy (non-hydrogen) atoms. The van der Waals surface area contributed by atoms with Crippen LogP contribution >= 0.6 is 0 Å². The molecule has 2 aliphatic rings. The van der Waals surface area contributed by atoms with Gasteiger partial charge in [-0.2, -0.15) is 0 Å². The van der Waals surface area contributed by atoms with Crippen molar-refractivity contribution in [3.8, 4) is 11.8 Å². The van der Waals surface area contributed by atoms with E-state index in [-0.39, 0.29) is 12.0 Å². The fraction of sp³-hybridized carbons (Fsp3) is 0.440. The number of anilines is 1. The van der Waals surface area contributed by atoms with E-state index in [2.05, 4.69) is 27.1 Å². The Balaban J connectivity index is 1.79. The Morgan fingerprint density at radius 1 is 1.03 bits per heavy atom. The predicted octanol–water partition coefficient (Wildman–Crippen LogP) is 2.75. The third kappa shape index (κ3) is 7.46. The Kier molecular flexibility index (Phi) is 8.66. The molecule has 2 N–H and O–H groups in total. The number of amidine groups is 1. The molecule has 1 aliphatic heterocycles. The van der Waals surface area contributed by atoms with Crippen LogP contribution in [-0.4, -0.2) is 69.6 Å². The molecule has 0 radical (unpaired) electrons. The molecule has 1 heterocycles. The van der Waals surface area contributed by atoms with E-state index in [1.807, 2.05) is 36.4 Å². The van der Waals surface area contributed by atoms with Crippen molar-refractivity contribution in [2.45, 2.75) is 25.5 Å². The first-order valence-corrected chi connectivity index (χ1v) is 10.8. The number of ether oxygens (including phenoxy) is 4. The van der Waals surface area contributed by atoms with Crippen molar-refractivity contribution >= 4 is 17.9 Å². The standard InChI is InChI=1S/C25H31N3O5/c1-25(2,29)9-8-18-6-5-7-19(14-18)28-24-20-15-22(32-12-10-30-3)23(33-13-11-31-4)16-21(20)26-17-27-24/h5-7,14-17,20-21,29H,10-13H2,1-4H3,(H,26,27,28). The SMILES string of the molecule is COCCOC1=CC2N=CN=C(Nc3cccc(C#CC(C)(C)O)c3)C2C=C1OCCOC. The zero-order chi connectivity index (χ0) is 23.7. The van der Waals surface area contributed by atoms with Gasteiger partial charge in [0.2, 0.25) is 0 Å². The maximum absolute atomic E-state index is 9.86. The van der Waals surface area contributed by atoms with Crippen molar-refractivity contribution in [3.05, 3.63) is 53.5 Å². The third-order valence-corrected chi connectivity index (χ3v) is 4.75. The molecule has 8 heteroatoms. The lowest BCUT2D eigenvalue weighted by Crippen LogP contribution is -2.35. The Morgan fingerprint density at radius 3 is 2.39 bits per heavy atom. The summed E-state index contributed by atoms with van der Waals surface area (Å²) >= 11 is 0. The summed E-state index contributed by atoms with van der Waals surface area (Å²) in [6.45, 7) is 5.05. The smallest absolute Gasteiger partial charge is 0.159 e. The molecule has 0 fully saturated rings. The molecule has 176 valence electrons. The first-order valence-electron chi connectivity index (χ1n) is 10.8. The Labute approximate surface area is 195 Å². The van der Waals surface area contributed by atoms with Gasteiger partial charge in [0.15, 0.2) is 11.5 Å². The summed E-state index contributed by atoms with van der Waals surface area (Å²) in [6, 6.07) is 7.49. The normalized spacial score (nSPS) is 19.4. The molecule has 0 aromatic heterocycles. The van der Waals surface area contributed by atoms with Gasteiger partial charge in [0.05, 0.1) is 25.2 Å². The second-order valence-electron chi connectivity index (χ2n) is 8.05. The monoisotopic (exact) mass is 453 g/mol. The number of hydrogen-bond acceptors (Lipinski definition) is 8. The largest absolute Gasteiger partial charge is 0.488 e. The molecule has 1 aliphatic carbocycles. The number of aliphatic hydroxyl groups is 1. The first-order chi connectivity index (χ1) is 15.9. The highest BCUT2D eigenvalue weighted by Crippen LogP contribution is 2.30. The summed E-state index contributed by atoms with van der Waals surface area (Å²) in [5.74, 6) is 7.68. The number of nitrogens with zero attached hydrogens (tertiary/aromatic N) is 2. The Morgan fingerprint density at radius 2 is 1.73 bits per heavy atom. The van der Waals surface area contributed by atoms with Gasteiger partial charge in [0.1, 0.15) is 31.0 Å². The van der Waals surface area contributed by atoms with Crippen LogP contribution in [0.2, 0.25) is 0 Å². The molecule has 0 saturated heterocycles. The van der Waals surface area contributed by atoms with Gasteiger partial charge >= 0.3 is 0 Å². The maximum Gasteiger partial charge on any atom is 0.159 e. The number of hydrogen-bond donors (Lipinski definition) is 2. The van der Waals surface area contributed by atoms with Gasteiger partial charge in [0.25, 0.3) is 0 Å². The molecule has 0 bridgehead atoms. The fourth-order valence-corrected chi connectivity index (χ4v) is 3.19. The van der Waals surface area contributed by atoms with E-state index in [0.29, 0.717) is 37.9 Å². The fourth-order valence-electron chi connectivity index (χ4n) is 3.19. The van der Waals surface area contributed by atoms with Crippen molar-refractivity contribution in [1.82, 2.24) is 0 Å². The minimum atomic E-state index is -1.05. The van der Waals surface area contributed by atoms with Crippen molar-refractivity contribution in [2.24, 2.45) is 15.9 Å². The highest BCUT2D eigenvalue weighted by atomic mass is 16.6. The zero-order valence-corrected chi connectivity index (χ0v) is 19.5. The lowest BCUT2D eigenvalue weighted by molar-refractivity contribution is 0.0760. The quantitative estimate of drug-likeness (QED) is 0.441. The van der Waals surface area contributed by atoms with Crippen LogP contribution in [0.15, 0.2) is 57.9 Å². The number of rotatable bonds is 9. The van der Waals surface area contributed by atoms with E-state index in [1.165, 1.54) is 0 Å². The van der Waals surface area contributed by atoms with E-state index in [0.717, 1.165) is 17.1 Å². The van der Waals surface area contributed by atoms with Crippen LogP contribution in [0, 0.1) is 17.8 Å². The van der Waals surface area contributed by atoms with Gasteiger partial charge in [-0.3, -0.25) is 4.99 Å². The minimum absolute atomic E-state index is 0.145. The van der Waals surface area contributed by atoms with E-state index < -0.39 is 5.60 Å². The molecule has 0 spiro atoms. The summed E-state index contributed by atoms with van der Waals surface area (Å²) < 4.78 is 22.0. The highest BCUT2D eigenvalue weighted by Gasteiger charge is 2.32. The number of benzene rings is 1. The summed E-state index contributed by atoms with van der Waals surface area (Å²) in [4.78, 5) is 8.99. The predicted molar refractivity (Wildman–Crippen MR) is 128 cm³/mol. The number of nitrogens with one attached hydrogen (secondary N) is 1. The highest BCUT2D eigenvalue weighted by molar-refractivity contribution is 6.04. The molecule has 2 unspecified atom stereocenters. The van der Waals surface area contributed by atoms with Crippen LogP contribution in [0.3, 0.4) is 0 Å². The molecule has 1 aromatic carbocycles. The van der Waals surface area contributed by atoms with E-state index in [1.54, 1.807) is 34.4 Å². The topological polar surface area (TPSA) is 93.9 Å². The number of aliphatic imine (C=N–C) groups is 2. The minimum Gasteiger partial charge on any atom is -0.488 e. The van der Waals surface area contributed by atoms with Crippen molar-refractivity contribution in [3.63, 3.8) is 0 Å². The molecule has 2 atom stereocenters. The lowest BCUT2D eigenvalue weighted by atomic mass is 9.91. The van der Waals surface area contributed by atoms with Crippen LogP contribution in [-0.2, 0) is 18.9 Å². The van der Waals surface area contributed by atoms with Gasteiger partial charge in [0, 0.05) is 25.5 Å². The third-order valence-electron chi connectivity index (χ3n) is 4.75. The molecule has 3 rings (SSSR count). The van der Waals surface area contributed by atoms with Crippen molar-refractivity contribution in [2.75, 3.05) is 46.0 Å². The second-order valence-corrected chi connectivity index (χ2v) is 8.05. The van der Waals surface area contributed by atoms with Gasteiger partial charge in [-0.15, -0.1) is 0 Å². The summed E-state index contributed by atoms with van der Waals surface area (Å²) in [7, 11) is 3.26. The maximum atomic E-state index is 9.86. The Hall–Kier alpha value is -3.12. The summed E-state index contributed by atoms with van der Waals surface area (Å²) in [5, 5.41) is 13.2. The molecule has 1 aromatic rings. The molecule has 8 nitrogen and oxygen atoms in total. The molecule has 0 saturated carbocycles. The second kappa shape index (κ2) is 11.7. The molecular weight excluding hydrogens is 422 g/mol. The van der Waals surface area contributed by atoms with Crippen LogP contribution in [0.5, 0.6) is 0 Å². The van der Waals surface area contributed by atoms with E-state index in [9.17, 15) is 5.11 Å². The number of methoxy groups -OCH3 is 2. The van der Waals surface area contributed by atoms with Gasteiger partial charge in [-0.1, -0.05) is 17.9 Å². The van der Waals surface area contributed by atoms with Crippen LogP contribution in [0.25, 0.3) is 0 Å². The summed E-state index contributed by atoms with van der Waals surface area (Å²) in [6.07, 6.45) is 5.47. The first kappa shape index (κ1) is 24.5. The van der Waals surface area contributed by atoms with E-state index >= 15 is 0 Å². The van der Waals surface area contributed by atoms with Crippen molar-refractivity contribution < 1.29 is 24.1 Å². The molecular formula is C25H31N3O5. The van der Waals surface area contributed by atoms with Crippen molar-refractivity contribution in [1.29, 1.82) is 0 Å². The van der Waals surface area contributed by atoms with Crippen LogP contribution in [0.1, 0.15) is 19.4 Å². The van der Waals surface area contributed by atoms with Gasteiger partial charge in [-0.05, 0) is 44.2 Å². The van der Waals surface area contributed by atoms with Gasteiger partial charge in [-0.25, -0.2) is 4.99 Å². The van der Waals surface area contributed by atoms with Crippen LogP contribution in [0.4, 0.5) is 5.69 Å².